The molecule has 2 amide bonds. The van der Waals surface area contributed by atoms with Crippen LogP contribution in [0.25, 0.3) is 0 Å². The van der Waals surface area contributed by atoms with Gasteiger partial charge in [-0.1, -0.05) is 18.2 Å². The van der Waals surface area contributed by atoms with Crippen molar-refractivity contribution in [1.29, 1.82) is 0 Å². The Labute approximate surface area is 124 Å². The number of hydrogen-bond donors (Lipinski definition) is 1. The minimum absolute atomic E-state index is 0.0186. The molecule has 114 valence electrons. The number of nitrogens with zero attached hydrogens (tertiary/aromatic N) is 1. The first-order chi connectivity index (χ1) is 10.1. The van der Waals surface area contributed by atoms with Gasteiger partial charge in [-0.3, -0.25) is 4.79 Å². The summed E-state index contributed by atoms with van der Waals surface area (Å²) in [5.41, 5.74) is 0.992. The highest BCUT2D eigenvalue weighted by molar-refractivity contribution is 5.77. The molecule has 1 fully saturated rings. The molecule has 1 unspecified atom stereocenters. The van der Waals surface area contributed by atoms with Crippen molar-refractivity contribution in [3.05, 3.63) is 29.8 Å². The van der Waals surface area contributed by atoms with Crippen LogP contribution < -0.4 is 10.1 Å². The largest absolute Gasteiger partial charge is 0.484 e. The Morgan fingerprint density at radius 2 is 2.24 bits per heavy atom. The Morgan fingerprint density at radius 1 is 1.48 bits per heavy atom. The van der Waals surface area contributed by atoms with Crippen LogP contribution in [-0.4, -0.2) is 49.7 Å². The van der Waals surface area contributed by atoms with Gasteiger partial charge in [0.05, 0.1) is 6.54 Å². The summed E-state index contributed by atoms with van der Waals surface area (Å²) in [6, 6.07) is 7.54. The lowest BCUT2D eigenvalue weighted by Crippen LogP contribution is -2.32. The summed E-state index contributed by atoms with van der Waals surface area (Å²) in [7, 11) is 1.69. The normalized spacial score (nSPS) is 17.5. The highest BCUT2D eigenvalue weighted by Gasteiger charge is 2.27. The van der Waals surface area contributed by atoms with Gasteiger partial charge < -0.3 is 19.7 Å². The van der Waals surface area contributed by atoms with E-state index in [1.54, 1.807) is 7.05 Å². The molecule has 0 spiro atoms. The van der Waals surface area contributed by atoms with Gasteiger partial charge >= 0.3 is 6.09 Å². The number of carbonyl (C=O) groups excluding carboxylic acids is 2. The highest BCUT2D eigenvalue weighted by Crippen LogP contribution is 2.15. The molecule has 6 heteroatoms. The van der Waals surface area contributed by atoms with Gasteiger partial charge in [-0.15, -0.1) is 0 Å². The monoisotopic (exact) mass is 292 g/mol. The first-order valence-electron chi connectivity index (χ1n) is 6.93. The minimum Gasteiger partial charge on any atom is -0.484 e. The Bertz CT molecular complexity index is 518. The summed E-state index contributed by atoms with van der Waals surface area (Å²) >= 11 is 0. The van der Waals surface area contributed by atoms with Crippen LogP contribution in [-0.2, 0) is 9.53 Å². The number of ether oxygens (including phenoxy) is 2. The van der Waals surface area contributed by atoms with E-state index >= 15 is 0 Å². The fourth-order valence-electron chi connectivity index (χ4n) is 2.09. The van der Waals surface area contributed by atoms with Crippen LogP contribution in [0.4, 0.5) is 4.79 Å². The molecular weight excluding hydrogens is 272 g/mol. The minimum atomic E-state index is -0.311. The van der Waals surface area contributed by atoms with Crippen LogP contribution in [0.5, 0.6) is 5.75 Å². The van der Waals surface area contributed by atoms with Crippen molar-refractivity contribution in [2.75, 3.05) is 26.7 Å². The molecule has 1 heterocycles. The first-order valence-corrected chi connectivity index (χ1v) is 6.93. The molecule has 0 radical (unpaired) electrons. The lowest BCUT2D eigenvalue weighted by atomic mass is 10.2. The second-order valence-corrected chi connectivity index (χ2v) is 5.08. The van der Waals surface area contributed by atoms with Crippen LogP contribution in [0.1, 0.15) is 12.0 Å². The van der Waals surface area contributed by atoms with E-state index in [1.807, 2.05) is 31.2 Å². The van der Waals surface area contributed by atoms with E-state index in [2.05, 4.69) is 5.32 Å². The van der Waals surface area contributed by atoms with E-state index < -0.39 is 0 Å². The predicted molar refractivity (Wildman–Crippen MR) is 77.2 cm³/mol. The topological polar surface area (TPSA) is 67.9 Å². The Morgan fingerprint density at radius 3 is 2.90 bits per heavy atom. The van der Waals surface area contributed by atoms with Crippen molar-refractivity contribution in [3.8, 4) is 5.75 Å². The number of para-hydroxylation sites is 1. The Hall–Kier alpha value is -2.24. The molecular formula is C15H20N2O4. The molecule has 0 bridgehead atoms. The van der Waals surface area contributed by atoms with Crippen molar-refractivity contribution < 1.29 is 19.1 Å². The number of cyclic esters (lactones) is 1. The van der Waals surface area contributed by atoms with Crippen LogP contribution in [0, 0.1) is 6.92 Å². The molecule has 0 aromatic heterocycles. The quantitative estimate of drug-likeness (QED) is 0.859. The summed E-state index contributed by atoms with van der Waals surface area (Å²) in [6.45, 7) is 2.93. The maximum Gasteiger partial charge on any atom is 0.409 e. The molecule has 21 heavy (non-hydrogen) atoms. The van der Waals surface area contributed by atoms with Crippen molar-refractivity contribution >= 4 is 12.0 Å². The number of amides is 2. The zero-order valence-corrected chi connectivity index (χ0v) is 12.3. The number of aryl methyl sites for hydroxylation is 1. The number of hydrogen-bond acceptors (Lipinski definition) is 4. The van der Waals surface area contributed by atoms with E-state index in [1.165, 1.54) is 4.90 Å². The number of rotatable bonds is 6. The van der Waals surface area contributed by atoms with Gasteiger partial charge in [-0.25, -0.2) is 4.79 Å². The summed E-state index contributed by atoms with van der Waals surface area (Å²) in [4.78, 5) is 24.4. The van der Waals surface area contributed by atoms with Gasteiger partial charge in [0, 0.05) is 20.0 Å². The van der Waals surface area contributed by atoms with Crippen molar-refractivity contribution in [2.24, 2.45) is 0 Å². The molecule has 1 aliphatic rings. The third kappa shape index (κ3) is 4.37. The number of likely N-dealkylation sites (N-methyl/N-ethyl adjacent to an activating group) is 1. The van der Waals surface area contributed by atoms with Gasteiger partial charge in [-0.2, -0.15) is 0 Å². The molecule has 1 aromatic carbocycles. The smallest absolute Gasteiger partial charge is 0.409 e. The van der Waals surface area contributed by atoms with E-state index in [0.29, 0.717) is 25.3 Å². The molecule has 1 aromatic rings. The summed E-state index contributed by atoms with van der Waals surface area (Å²) < 4.78 is 10.6. The molecule has 2 rings (SSSR count). The molecule has 1 atom stereocenters. The average molecular weight is 292 g/mol. The van der Waals surface area contributed by atoms with Crippen molar-refractivity contribution in [3.63, 3.8) is 0 Å². The van der Waals surface area contributed by atoms with Gasteiger partial charge in [-0.05, 0) is 18.6 Å². The van der Waals surface area contributed by atoms with Crippen LogP contribution in [0.15, 0.2) is 24.3 Å². The summed E-state index contributed by atoms with van der Waals surface area (Å²) in [6.07, 6.45) is 0.140. The summed E-state index contributed by atoms with van der Waals surface area (Å²) in [5, 5.41) is 2.76. The molecule has 6 nitrogen and oxygen atoms in total. The molecule has 1 aliphatic heterocycles. The zero-order chi connectivity index (χ0) is 15.2. The SMILES string of the molecule is Cc1ccccc1OCC(=O)NCCC1CN(C)C(=O)O1. The van der Waals surface area contributed by atoms with Crippen molar-refractivity contribution in [2.45, 2.75) is 19.4 Å². The van der Waals surface area contributed by atoms with Gasteiger partial charge in [0.2, 0.25) is 0 Å². The number of carbonyl (C=O) groups is 2. The molecule has 1 N–H and O–H groups in total. The van der Waals surface area contributed by atoms with E-state index in [-0.39, 0.29) is 24.7 Å². The van der Waals surface area contributed by atoms with E-state index in [0.717, 1.165) is 5.56 Å². The fraction of sp³-hybridized carbons (Fsp3) is 0.467. The second kappa shape index (κ2) is 6.97. The molecule has 0 saturated carbocycles. The maximum atomic E-state index is 11.7. The maximum absolute atomic E-state index is 11.7. The van der Waals surface area contributed by atoms with E-state index in [9.17, 15) is 9.59 Å². The van der Waals surface area contributed by atoms with Crippen LogP contribution >= 0.6 is 0 Å². The lowest BCUT2D eigenvalue weighted by Gasteiger charge is -2.11. The van der Waals surface area contributed by atoms with Gasteiger partial charge in [0.1, 0.15) is 11.9 Å². The van der Waals surface area contributed by atoms with Crippen LogP contribution in [0.3, 0.4) is 0 Å². The standard InChI is InChI=1S/C15H20N2O4/c1-11-5-3-4-6-13(11)20-10-14(18)16-8-7-12-9-17(2)15(19)21-12/h3-6,12H,7-10H2,1-2H3,(H,16,18). The molecule has 0 aliphatic carbocycles. The average Bonchev–Trinajstić information content (AvgIpc) is 2.77. The third-order valence-electron chi connectivity index (χ3n) is 3.30. The van der Waals surface area contributed by atoms with Crippen molar-refractivity contribution in [1.82, 2.24) is 10.2 Å². The predicted octanol–water partition coefficient (Wildman–Crippen LogP) is 1.33. The fourth-order valence-corrected chi connectivity index (χ4v) is 2.09. The Balaban J connectivity index is 1.64. The van der Waals surface area contributed by atoms with Crippen LogP contribution in [0.2, 0.25) is 0 Å². The lowest BCUT2D eigenvalue weighted by molar-refractivity contribution is -0.123. The highest BCUT2D eigenvalue weighted by atomic mass is 16.6. The zero-order valence-electron chi connectivity index (χ0n) is 12.3. The first kappa shape index (κ1) is 15.2. The second-order valence-electron chi connectivity index (χ2n) is 5.08. The molecule has 1 saturated heterocycles. The Kier molecular flexibility index (Phi) is 5.03. The third-order valence-corrected chi connectivity index (χ3v) is 3.30. The van der Waals surface area contributed by atoms with E-state index in [4.69, 9.17) is 9.47 Å². The summed E-state index contributed by atoms with van der Waals surface area (Å²) in [5.74, 6) is 0.523. The van der Waals surface area contributed by atoms with Gasteiger partial charge in [0.25, 0.3) is 5.91 Å². The number of nitrogens with one attached hydrogen (secondary N) is 1. The van der Waals surface area contributed by atoms with Gasteiger partial charge in [0.15, 0.2) is 6.61 Å². The number of benzene rings is 1.